The Balaban J connectivity index is 1.69. The number of para-hydroxylation sites is 1. The standard InChI is InChI=1S/C22H28N2O3/c1-3-4-5-8-15-26-20-13-11-19(12-14-20)16-23-24-22(25)17-27-21-10-7-6-9-18(21)2/h6-7,9-14,16H,3-5,8,15,17H2,1-2H3,(H,24,25)/b23-16+. The maximum absolute atomic E-state index is 11.8. The number of benzene rings is 2. The summed E-state index contributed by atoms with van der Waals surface area (Å²) in [6.45, 7) is 4.79. The number of nitrogens with zero attached hydrogens (tertiary/aromatic N) is 1. The average molecular weight is 368 g/mol. The van der Waals surface area contributed by atoms with E-state index in [1.165, 1.54) is 19.3 Å². The van der Waals surface area contributed by atoms with Crippen LogP contribution in [0.15, 0.2) is 53.6 Å². The minimum Gasteiger partial charge on any atom is -0.494 e. The van der Waals surface area contributed by atoms with E-state index in [1.54, 1.807) is 6.21 Å². The lowest BCUT2D eigenvalue weighted by molar-refractivity contribution is -0.123. The molecule has 0 aliphatic heterocycles. The van der Waals surface area contributed by atoms with Crippen LogP contribution in [0.25, 0.3) is 0 Å². The van der Waals surface area contributed by atoms with Gasteiger partial charge in [-0.1, -0.05) is 44.4 Å². The first-order chi connectivity index (χ1) is 13.2. The molecule has 0 aliphatic rings. The van der Waals surface area contributed by atoms with Crippen LogP contribution < -0.4 is 14.9 Å². The zero-order valence-corrected chi connectivity index (χ0v) is 16.1. The summed E-state index contributed by atoms with van der Waals surface area (Å²) < 4.78 is 11.2. The molecule has 5 nitrogen and oxygen atoms in total. The number of aryl methyl sites for hydroxylation is 1. The van der Waals surface area contributed by atoms with E-state index in [-0.39, 0.29) is 12.5 Å². The van der Waals surface area contributed by atoms with E-state index in [1.807, 2.05) is 55.5 Å². The van der Waals surface area contributed by atoms with Crippen LogP contribution in [0.3, 0.4) is 0 Å². The summed E-state index contributed by atoms with van der Waals surface area (Å²) in [5.41, 5.74) is 4.33. The molecule has 1 amide bonds. The third-order valence-corrected chi connectivity index (χ3v) is 4.00. The monoisotopic (exact) mass is 368 g/mol. The summed E-state index contributed by atoms with van der Waals surface area (Å²) >= 11 is 0. The zero-order chi connectivity index (χ0) is 19.3. The predicted molar refractivity (Wildman–Crippen MR) is 108 cm³/mol. The molecular formula is C22H28N2O3. The van der Waals surface area contributed by atoms with Crippen molar-refractivity contribution in [3.8, 4) is 11.5 Å². The first-order valence-electron chi connectivity index (χ1n) is 9.42. The molecule has 2 rings (SSSR count). The van der Waals surface area contributed by atoms with Gasteiger partial charge in [0.1, 0.15) is 11.5 Å². The Morgan fingerprint density at radius 2 is 1.81 bits per heavy atom. The van der Waals surface area contributed by atoms with Crippen molar-refractivity contribution in [2.24, 2.45) is 5.10 Å². The number of hydrogen-bond donors (Lipinski definition) is 1. The van der Waals surface area contributed by atoms with Gasteiger partial charge in [-0.2, -0.15) is 5.10 Å². The number of carbonyl (C=O) groups excluding carboxylic acids is 1. The zero-order valence-electron chi connectivity index (χ0n) is 16.1. The van der Waals surface area contributed by atoms with E-state index >= 15 is 0 Å². The second-order valence-electron chi connectivity index (χ2n) is 6.33. The van der Waals surface area contributed by atoms with Crippen molar-refractivity contribution in [1.82, 2.24) is 5.43 Å². The van der Waals surface area contributed by atoms with E-state index in [4.69, 9.17) is 9.47 Å². The van der Waals surface area contributed by atoms with E-state index in [0.717, 1.165) is 29.9 Å². The third-order valence-electron chi connectivity index (χ3n) is 4.00. The van der Waals surface area contributed by atoms with Gasteiger partial charge in [0.2, 0.25) is 0 Å². The topological polar surface area (TPSA) is 59.9 Å². The number of rotatable bonds is 11. The number of ether oxygens (including phenoxy) is 2. The molecule has 0 saturated carbocycles. The van der Waals surface area contributed by atoms with Gasteiger partial charge in [-0.25, -0.2) is 5.43 Å². The molecule has 0 unspecified atom stereocenters. The highest BCUT2D eigenvalue weighted by Crippen LogP contribution is 2.15. The SMILES string of the molecule is CCCCCCOc1ccc(/C=N/NC(=O)COc2ccccc2C)cc1. The summed E-state index contributed by atoms with van der Waals surface area (Å²) in [6.07, 6.45) is 6.35. The van der Waals surface area contributed by atoms with Gasteiger partial charge < -0.3 is 9.47 Å². The van der Waals surface area contributed by atoms with Crippen LogP contribution in [0.1, 0.15) is 43.7 Å². The third kappa shape index (κ3) is 7.94. The molecule has 144 valence electrons. The van der Waals surface area contributed by atoms with Crippen LogP contribution in [-0.2, 0) is 4.79 Å². The minimum atomic E-state index is -0.304. The van der Waals surface area contributed by atoms with Crippen molar-refractivity contribution >= 4 is 12.1 Å². The number of amides is 1. The molecule has 0 radical (unpaired) electrons. The van der Waals surface area contributed by atoms with Crippen molar-refractivity contribution in [3.05, 3.63) is 59.7 Å². The van der Waals surface area contributed by atoms with Crippen LogP contribution in [0.4, 0.5) is 0 Å². The van der Waals surface area contributed by atoms with Crippen LogP contribution in [0, 0.1) is 6.92 Å². The van der Waals surface area contributed by atoms with Crippen molar-refractivity contribution in [3.63, 3.8) is 0 Å². The van der Waals surface area contributed by atoms with E-state index in [0.29, 0.717) is 5.75 Å². The van der Waals surface area contributed by atoms with Crippen molar-refractivity contribution < 1.29 is 14.3 Å². The normalized spacial score (nSPS) is 10.7. The number of nitrogens with one attached hydrogen (secondary N) is 1. The van der Waals surface area contributed by atoms with E-state index in [2.05, 4.69) is 17.5 Å². The average Bonchev–Trinajstić information content (AvgIpc) is 2.68. The predicted octanol–water partition coefficient (Wildman–Crippen LogP) is 4.48. The second kappa shape index (κ2) is 11.7. The van der Waals surface area contributed by atoms with Gasteiger partial charge in [0.25, 0.3) is 5.91 Å². The largest absolute Gasteiger partial charge is 0.494 e. The lowest BCUT2D eigenvalue weighted by atomic mass is 10.2. The van der Waals surface area contributed by atoms with Crippen LogP contribution in [0.2, 0.25) is 0 Å². The second-order valence-corrected chi connectivity index (χ2v) is 6.33. The number of hydrogen-bond acceptors (Lipinski definition) is 4. The Morgan fingerprint density at radius 1 is 1.04 bits per heavy atom. The fourth-order valence-corrected chi connectivity index (χ4v) is 2.44. The van der Waals surface area contributed by atoms with Gasteiger partial charge in [-0.15, -0.1) is 0 Å². The lowest BCUT2D eigenvalue weighted by Crippen LogP contribution is -2.24. The Kier molecular flexibility index (Phi) is 8.90. The Morgan fingerprint density at radius 3 is 2.56 bits per heavy atom. The van der Waals surface area contributed by atoms with E-state index in [9.17, 15) is 4.79 Å². The molecule has 2 aromatic rings. The molecule has 0 heterocycles. The highest BCUT2D eigenvalue weighted by molar-refractivity contribution is 5.83. The molecular weight excluding hydrogens is 340 g/mol. The Hall–Kier alpha value is -2.82. The molecule has 0 saturated heterocycles. The quantitative estimate of drug-likeness (QED) is 0.361. The fourth-order valence-electron chi connectivity index (χ4n) is 2.44. The highest BCUT2D eigenvalue weighted by atomic mass is 16.5. The molecule has 0 bridgehead atoms. The van der Waals surface area contributed by atoms with Crippen molar-refractivity contribution in [2.75, 3.05) is 13.2 Å². The van der Waals surface area contributed by atoms with Gasteiger partial charge in [0.15, 0.2) is 6.61 Å². The molecule has 0 atom stereocenters. The summed E-state index contributed by atoms with van der Waals surface area (Å²) in [5, 5.41) is 3.96. The molecule has 1 N–H and O–H groups in total. The van der Waals surface area contributed by atoms with Crippen molar-refractivity contribution in [1.29, 1.82) is 0 Å². The molecule has 0 aliphatic carbocycles. The van der Waals surface area contributed by atoms with Gasteiger partial charge in [0.05, 0.1) is 12.8 Å². The summed E-state index contributed by atoms with van der Waals surface area (Å²) in [4.78, 5) is 11.8. The molecule has 5 heteroatoms. The van der Waals surface area contributed by atoms with Crippen LogP contribution in [-0.4, -0.2) is 25.3 Å². The van der Waals surface area contributed by atoms with Gasteiger partial charge in [-0.05, 0) is 54.8 Å². The van der Waals surface area contributed by atoms with Crippen LogP contribution in [0.5, 0.6) is 11.5 Å². The van der Waals surface area contributed by atoms with Gasteiger partial charge in [0, 0.05) is 0 Å². The Labute approximate surface area is 161 Å². The molecule has 2 aromatic carbocycles. The first-order valence-corrected chi connectivity index (χ1v) is 9.42. The number of unbranched alkanes of at least 4 members (excludes halogenated alkanes) is 3. The minimum absolute atomic E-state index is 0.0764. The maximum Gasteiger partial charge on any atom is 0.277 e. The van der Waals surface area contributed by atoms with Gasteiger partial charge >= 0.3 is 0 Å². The summed E-state index contributed by atoms with van der Waals surface area (Å²) in [7, 11) is 0. The molecule has 27 heavy (non-hydrogen) atoms. The smallest absolute Gasteiger partial charge is 0.277 e. The Bertz CT molecular complexity index is 727. The number of hydrazone groups is 1. The van der Waals surface area contributed by atoms with E-state index < -0.39 is 0 Å². The lowest BCUT2D eigenvalue weighted by Gasteiger charge is -2.07. The summed E-state index contributed by atoms with van der Waals surface area (Å²) in [5.74, 6) is 1.24. The van der Waals surface area contributed by atoms with Crippen molar-refractivity contribution in [2.45, 2.75) is 39.5 Å². The first kappa shape index (κ1) is 20.5. The van der Waals surface area contributed by atoms with Gasteiger partial charge in [-0.3, -0.25) is 4.79 Å². The molecule has 0 aromatic heterocycles. The fraction of sp³-hybridized carbons (Fsp3) is 0.364. The summed E-state index contributed by atoms with van der Waals surface area (Å²) in [6, 6.07) is 15.2. The highest BCUT2D eigenvalue weighted by Gasteiger charge is 2.03. The maximum atomic E-state index is 11.8. The molecule has 0 fully saturated rings. The number of carbonyl (C=O) groups is 1. The molecule has 0 spiro atoms. The van der Waals surface area contributed by atoms with Crippen LogP contribution >= 0.6 is 0 Å².